The molecule has 1 N–H and O–H groups in total. The highest BCUT2D eigenvalue weighted by molar-refractivity contribution is 5.54. The van der Waals surface area contributed by atoms with Crippen LogP contribution in [0.3, 0.4) is 0 Å². The van der Waals surface area contributed by atoms with Gasteiger partial charge in [0.05, 0.1) is 12.6 Å². The fourth-order valence-electron chi connectivity index (χ4n) is 2.25. The van der Waals surface area contributed by atoms with Crippen molar-refractivity contribution < 1.29 is 9.13 Å². The van der Waals surface area contributed by atoms with Crippen LogP contribution in [0.4, 0.5) is 10.1 Å². The topological polar surface area (TPSA) is 24.5 Å². The first-order chi connectivity index (χ1) is 8.22. The molecule has 1 aliphatic heterocycles. The number of anilines is 1. The summed E-state index contributed by atoms with van der Waals surface area (Å²) in [5.74, 6) is -0.185. The molecule has 1 unspecified atom stereocenters. The molecule has 2 rings (SSSR count). The van der Waals surface area contributed by atoms with Crippen LogP contribution in [-0.2, 0) is 11.3 Å². The molecule has 1 aromatic rings. The van der Waals surface area contributed by atoms with Gasteiger partial charge in [-0.1, -0.05) is 0 Å². The van der Waals surface area contributed by atoms with E-state index in [0.29, 0.717) is 12.6 Å². The monoisotopic (exact) mass is 238 g/mol. The third kappa shape index (κ3) is 2.76. The molecule has 1 aromatic carbocycles. The maximum atomic E-state index is 13.2. The lowest BCUT2D eigenvalue weighted by molar-refractivity contribution is 0.193. The molecule has 0 amide bonds. The third-order valence-electron chi connectivity index (χ3n) is 3.24. The van der Waals surface area contributed by atoms with Crippen molar-refractivity contribution in [3.8, 4) is 0 Å². The maximum absolute atomic E-state index is 13.2. The number of benzene rings is 1. The minimum absolute atomic E-state index is 0.185. The van der Waals surface area contributed by atoms with Crippen LogP contribution in [0.25, 0.3) is 0 Å². The summed E-state index contributed by atoms with van der Waals surface area (Å²) < 4.78 is 18.6. The first-order valence-corrected chi connectivity index (χ1v) is 5.96. The molecular weight excluding hydrogens is 219 g/mol. The Kier molecular flexibility index (Phi) is 3.97. The highest BCUT2D eigenvalue weighted by Gasteiger charge is 2.22. The molecule has 0 bridgehead atoms. The van der Waals surface area contributed by atoms with E-state index < -0.39 is 0 Å². The van der Waals surface area contributed by atoms with Crippen molar-refractivity contribution >= 4 is 5.69 Å². The van der Waals surface area contributed by atoms with Gasteiger partial charge in [0, 0.05) is 25.9 Å². The molecule has 0 saturated carbocycles. The van der Waals surface area contributed by atoms with Crippen LogP contribution >= 0.6 is 0 Å². The van der Waals surface area contributed by atoms with Crippen molar-refractivity contribution in [2.75, 3.05) is 32.2 Å². The van der Waals surface area contributed by atoms with Gasteiger partial charge in [-0.25, -0.2) is 4.39 Å². The zero-order chi connectivity index (χ0) is 12.3. The van der Waals surface area contributed by atoms with Gasteiger partial charge in [-0.15, -0.1) is 0 Å². The summed E-state index contributed by atoms with van der Waals surface area (Å²) in [6.45, 7) is 2.25. The van der Waals surface area contributed by atoms with Gasteiger partial charge in [-0.3, -0.25) is 0 Å². The fraction of sp³-hybridized carbons (Fsp3) is 0.538. The number of ether oxygens (including phenoxy) is 1. The first-order valence-electron chi connectivity index (χ1n) is 5.96. The van der Waals surface area contributed by atoms with E-state index in [1.807, 2.05) is 20.2 Å². The van der Waals surface area contributed by atoms with E-state index in [2.05, 4.69) is 10.2 Å². The summed E-state index contributed by atoms with van der Waals surface area (Å²) in [6, 6.07) is 5.36. The Morgan fingerprint density at radius 1 is 1.53 bits per heavy atom. The molecule has 3 nitrogen and oxygen atoms in total. The first kappa shape index (κ1) is 12.3. The van der Waals surface area contributed by atoms with Gasteiger partial charge in [-0.05, 0) is 37.2 Å². The molecule has 94 valence electrons. The zero-order valence-electron chi connectivity index (χ0n) is 10.4. The second-order valence-corrected chi connectivity index (χ2v) is 4.43. The quantitative estimate of drug-likeness (QED) is 0.865. The smallest absolute Gasteiger partial charge is 0.123 e. The van der Waals surface area contributed by atoms with Crippen LogP contribution in [0.2, 0.25) is 0 Å². The van der Waals surface area contributed by atoms with Crippen molar-refractivity contribution in [2.45, 2.75) is 19.0 Å². The van der Waals surface area contributed by atoms with Crippen molar-refractivity contribution in [2.24, 2.45) is 0 Å². The minimum Gasteiger partial charge on any atom is -0.379 e. The van der Waals surface area contributed by atoms with Gasteiger partial charge in [0.25, 0.3) is 0 Å². The number of hydrogen-bond acceptors (Lipinski definition) is 3. The molecule has 1 atom stereocenters. The van der Waals surface area contributed by atoms with Gasteiger partial charge in [0.2, 0.25) is 0 Å². The second kappa shape index (κ2) is 5.47. The van der Waals surface area contributed by atoms with E-state index >= 15 is 0 Å². The number of hydrogen-bond donors (Lipinski definition) is 1. The summed E-state index contributed by atoms with van der Waals surface area (Å²) in [6.07, 6.45) is 1.03. The number of likely N-dealkylation sites (N-methyl/N-ethyl adjacent to an activating group) is 1. The van der Waals surface area contributed by atoms with E-state index in [-0.39, 0.29) is 5.82 Å². The van der Waals surface area contributed by atoms with Crippen molar-refractivity contribution in [3.63, 3.8) is 0 Å². The van der Waals surface area contributed by atoms with Crippen LogP contribution < -0.4 is 10.2 Å². The van der Waals surface area contributed by atoms with E-state index in [1.165, 1.54) is 6.07 Å². The van der Waals surface area contributed by atoms with E-state index in [9.17, 15) is 4.39 Å². The minimum atomic E-state index is -0.185. The second-order valence-electron chi connectivity index (χ2n) is 4.43. The Balaban J connectivity index is 2.23. The molecule has 0 radical (unpaired) electrons. The van der Waals surface area contributed by atoms with Crippen LogP contribution in [0, 0.1) is 5.82 Å². The molecule has 1 heterocycles. The molecule has 0 aliphatic carbocycles. The molecule has 0 spiro atoms. The highest BCUT2D eigenvalue weighted by Crippen LogP contribution is 2.25. The lowest BCUT2D eigenvalue weighted by Gasteiger charge is -2.27. The fourth-order valence-corrected chi connectivity index (χ4v) is 2.25. The average Bonchev–Trinajstić information content (AvgIpc) is 2.82. The molecule has 17 heavy (non-hydrogen) atoms. The Labute approximate surface area is 102 Å². The van der Waals surface area contributed by atoms with Crippen LogP contribution in [0.5, 0.6) is 0 Å². The number of nitrogens with one attached hydrogen (secondary N) is 1. The summed E-state index contributed by atoms with van der Waals surface area (Å²) in [5.41, 5.74) is 2.07. The molecule has 1 fully saturated rings. The summed E-state index contributed by atoms with van der Waals surface area (Å²) in [4.78, 5) is 2.19. The summed E-state index contributed by atoms with van der Waals surface area (Å²) >= 11 is 0. The average molecular weight is 238 g/mol. The summed E-state index contributed by atoms with van der Waals surface area (Å²) in [5, 5.41) is 3.07. The third-order valence-corrected chi connectivity index (χ3v) is 3.24. The van der Waals surface area contributed by atoms with Crippen molar-refractivity contribution in [3.05, 3.63) is 29.6 Å². The van der Waals surface area contributed by atoms with Gasteiger partial charge in [-0.2, -0.15) is 0 Å². The predicted octanol–water partition coefficient (Wildman–Crippen LogP) is 1.77. The van der Waals surface area contributed by atoms with Crippen molar-refractivity contribution in [1.82, 2.24) is 5.32 Å². The Hall–Kier alpha value is -1.13. The molecular formula is C13H19FN2O. The number of nitrogens with zero attached hydrogens (tertiary/aromatic N) is 1. The van der Waals surface area contributed by atoms with E-state index in [0.717, 1.165) is 30.9 Å². The van der Waals surface area contributed by atoms with Crippen LogP contribution in [0.1, 0.15) is 12.0 Å². The van der Waals surface area contributed by atoms with E-state index in [1.54, 1.807) is 6.07 Å². The normalized spacial score (nSPS) is 19.6. The van der Waals surface area contributed by atoms with Gasteiger partial charge >= 0.3 is 0 Å². The molecule has 1 saturated heterocycles. The Bertz CT molecular complexity index is 378. The van der Waals surface area contributed by atoms with Crippen LogP contribution in [0.15, 0.2) is 18.2 Å². The van der Waals surface area contributed by atoms with Crippen molar-refractivity contribution in [1.29, 1.82) is 0 Å². The lowest BCUT2D eigenvalue weighted by atomic mass is 10.1. The number of rotatable bonds is 4. The molecule has 4 heteroatoms. The Morgan fingerprint density at radius 3 is 3.00 bits per heavy atom. The molecule has 0 aromatic heterocycles. The van der Waals surface area contributed by atoms with Gasteiger partial charge in [0.1, 0.15) is 5.82 Å². The van der Waals surface area contributed by atoms with Gasteiger partial charge in [0.15, 0.2) is 0 Å². The predicted molar refractivity (Wildman–Crippen MR) is 66.8 cm³/mol. The van der Waals surface area contributed by atoms with E-state index in [4.69, 9.17) is 4.74 Å². The van der Waals surface area contributed by atoms with Crippen LogP contribution in [-0.4, -0.2) is 33.4 Å². The standard InChI is InChI=1S/C13H19FN2O/c1-15-8-10-7-11(14)3-4-13(10)16(2)12-5-6-17-9-12/h3-4,7,12,15H,5-6,8-9H2,1-2H3. The van der Waals surface area contributed by atoms with Gasteiger partial charge < -0.3 is 15.0 Å². The highest BCUT2D eigenvalue weighted by atomic mass is 19.1. The lowest BCUT2D eigenvalue weighted by Crippen LogP contribution is -2.32. The Morgan fingerprint density at radius 2 is 2.35 bits per heavy atom. The summed E-state index contributed by atoms with van der Waals surface area (Å²) in [7, 11) is 3.92. The number of halogens is 1. The SMILES string of the molecule is CNCc1cc(F)ccc1N(C)C1CCOC1. The largest absolute Gasteiger partial charge is 0.379 e. The maximum Gasteiger partial charge on any atom is 0.123 e. The molecule has 1 aliphatic rings. The zero-order valence-corrected chi connectivity index (χ0v) is 10.4.